The van der Waals surface area contributed by atoms with Crippen molar-refractivity contribution in [1.82, 2.24) is 0 Å². The molecule has 2 saturated carbocycles. The summed E-state index contributed by atoms with van der Waals surface area (Å²) in [6, 6.07) is 4.27. The SMILES string of the molecule is C=CCOCCCCC1CCC(CCC2CCC(CCc3cc(F)c(C#N)c(F)c3)CC2)CC1. The Balaban J connectivity index is 1.24. The fraction of sp³-hybridized carbons (Fsp3) is 0.700. The number of aryl methyl sites for hydroxylation is 1. The van der Waals surface area contributed by atoms with Gasteiger partial charge in [-0.25, -0.2) is 8.78 Å². The van der Waals surface area contributed by atoms with Gasteiger partial charge in [-0.3, -0.25) is 0 Å². The van der Waals surface area contributed by atoms with Crippen molar-refractivity contribution in [3.8, 4) is 6.07 Å². The number of hydrogen-bond acceptors (Lipinski definition) is 2. The summed E-state index contributed by atoms with van der Waals surface area (Å²) in [6.07, 6.45) is 20.9. The van der Waals surface area contributed by atoms with E-state index >= 15 is 0 Å². The Hall–Kier alpha value is -1.73. The zero-order valence-corrected chi connectivity index (χ0v) is 20.9. The van der Waals surface area contributed by atoms with E-state index in [-0.39, 0.29) is 0 Å². The normalized spacial score (nSPS) is 25.1. The highest BCUT2D eigenvalue weighted by molar-refractivity contribution is 5.35. The van der Waals surface area contributed by atoms with E-state index in [2.05, 4.69) is 6.58 Å². The minimum atomic E-state index is -0.732. The van der Waals surface area contributed by atoms with Gasteiger partial charge in [-0.1, -0.05) is 83.1 Å². The van der Waals surface area contributed by atoms with Crippen LogP contribution in [-0.4, -0.2) is 13.2 Å². The first-order valence-electron chi connectivity index (χ1n) is 13.7. The van der Waals surface area contributed by atoms with Gasteiger partial charge in [0.25, 0.3) is 0 Å². The van der Waals surface area contributed by atoms with Crippen LogP contribution in [0.25, 0.3) is 0 Å². The highest BCUT2D eigenvalue weighted by Gasteiger charge is 2.25. The summed E-state index contributed by atoms with van der Waals surface area (Å²) in [5, 5.41) is 8.81. The van der Waals surface area contributed by atoms with Gasteiger partial charge in [0.15, 0.2) is 0 Å². The number of rotatable bonds is 13. The van der Waals surface area contributed by atoms with E-state index < -0.39 is 17.2 Å². The third kappa shape index (κ3) is 8.81. The summed E-state index contributed by atoms with van der Waals surface area (Å²) in [6.45, 7) is 5.23. The summed E-state index contributed by atoms with van der Waals surface area (Å²) in [7, 11) is 0. The van der Waals surface area contributed by atoms with Crippen LogP contribution in [0.4, 0.5) is 8.78 Å². The number of benzene rings is 1. The number of ether oxygens (including phenoxy) is 1. The standard InChI is InChI=1S/C30H43F2NO/c1-2-18-34-19-4-3-5-23-6-8-24(9-7-23)10-11-25-12-14-26(15-13-25)16-17-27-20-29(31)28(22-33)30(32)21-27/h2,20-21,23-26H,1,3-19H2. The maximum Gasteiger partial charge on any atom is 0.144 e. The maximum atomic E-state index is 13.8. The van der Waals surface area contributed by atoms with E-state index in [9.17, 15) is 8.78 Å². The minimum Gasteiger partial charge on any atom is -0.377 e. The fourth-order valence-electron chi connectivity index (χ4n) is 6.14. The molecule has 0 aromatic heterocycles. The molecule has 1 aromatic rings. The summed E-state index contributed by atoms with van der Waals surface area (Å²) >= 11 is 0. The Morgan fingerprint density at radius 2 is 1.32 bits per heavy atom. The summed E-state index contributed by atoms with van der Waals surface area (Å²) in [5.41, 5.74) is 0.204. The van der Waals surface area contributed by atoms with Gasteiger partial charge in [-0.2, -0.15) is 5.26 Å². The van der Waals surface area contributed by atoms with Crippen LogP contribution in [0.1, 0.15) is 101 Å². The van der Waals surface area contributed by atoms with Gasteiger partial charge < -0.3 is 4.74 Å². The predicted octanol–water partition coefficient (Wildman–Crippen LogP) is 8.53. The lowest BCUT2D eigenvalue weighted by atomic mass is 9.74. The van der Waals surface area contributed by atoms with Crippen LogP contribution in [0.5, 0.6) is 0 Å². The van der Waals surface area contributed by atoms with Gasteiger partial charge in [-0.05, 0) is 60.6 Å². The molecule has 0 atom stereocenters. The van der Waals surface area contributed by atoms with Gasteiger partial charge in [0.05, 0.1) is 6.61 Å². The Morgan fingerprint density at radius 1 is 0.824 bits per heavy atom. The lowest BCUT2D eigenvalue weighted by Gasteiger charge is -2.32. The molecule has 188 valence electrons. The second kappa shape index (κ2) is 14.6. The van der Waals surface area contributed by atoms with Crippen LogP contribution in [-0.2, 0) is 11.2 Å². The number of hydrogen-bond donors (Lipinski definition) is 0. The summed E-state index contributed by atoms with van der Waals surface area (Å²) in [5.74, 6) is 1.94. The third-order valence-corrected chi connectivity index (χ3v) is 8.36. The van der Waals surface area contributed by atoms with Crippen molar-refractivity contribution < 1.29 is 13.5 Å². The molecule has 0 heterocycles. The molecule has 1 aromatic carbocycles. The molecule has 3 rings (SSSR count). The Labute approximate surface area is 205 Å². The quantitative estimate of drug-likeness (QED) is 0.213. The van der Waals surface area contributed by atoms with E-state index in [1.54, 1.807) is 6.07 Å². The van der Waals surface area contributed by atoms with E-state index in [1.807, 2.05) is 6.08 Å². The fourth-order valence-corrected chi connectivity index (χ4v) is 6.14. The number of unbranched alkanes of at least 4 members (excludes halogenated alkanes) is 1. The zero-order valence-electron chi connectivity index (χ0n) is 20.9. The molecule has 0 amide bonds. The predicted molar refractivity (Wildman–Crippen MR) is 134 cm³/mol. The molecule has 0 saturated heterocycles. The van der Waals surface area contributed by atoms with Crippen molar-refractivity contribution in [2.24, 2.45) is 23.7 Å². The molecule has 2 fully saturated rings. The lowest BCUT2D eigenvalue weighted by molar-refractivity contribution is 0.153. The highest BCUT2D eigenvalue weighted by Crippen LogP contribution is 2.38. The van der Waals surface area contributed by atoms with Crippen molar-refractivity contribution in [2.45, 2.75) is 96.3 Å². The van der Waals surface area contributed by atoms with Crippen LogP contribution in [0, 0.1) is 46.6 Å². The van der Waals surface area contributed by atoms with Gasteiger partial charge in [0, 0.05) is 6.61 Å². The molecule has 2 aliphatic rings. The maximum absolute atomic E-state index is 13.8. The summed E-state index contributed by atoms with van der Waals surface area (Å²) in [4.78, 5) is 0. The molecule has 0 radical (unpaired) electrons. The smallest absolute Gasteiger partial charge is 0.144 e. The van der Waals surface area contributed by atoms with Crippen molar-refractivity contribution in [3.05, 3.63) is 47.5 Å². The molecule has 2 nitrogen and oxygen atoms in total. The van der Waals surface area contributed by atoms with Gasteiger partial charge in [0.2, 0.25) is 0 Å². The Morgan fingerprint density at radius 3 is 1.82 bits per heavy atom. The average Bonchev–Trinajstić information content (AvgIpc) is 2.85. The monoisotopic (exact) mass is 471 g/mol. The Bertz CT molecular complexity index is 762. The second-order valence-corrected chi connectivity index (χ2v) is 10.8. The van der Waals surface area contributed by atoms with Crippen molar-refractivity contribution in [2.75, 3.05) is 13.2 Å². The molecule has 4 heteroatoms. The van der Waals surface area contributed by atoms with Crippen molar-refractivity contribution in [1.29, 1.82) is 5.26 Å². The van der Waals surface area contributed by atoms with Crippen molar-refractivity contribution in [3.63, 3.8) is 0 Å². The van der Waals surface area contributed by atoms with Crippen LogP contribution in [0.3, 0.4) is 0 Å². The average molecular weight is 472 g/mol. The molecule has 0 N–H and O–H groups in total. The van der Waals surface area contributed by atoms with Gasteiger partial charge in [0.1, 0.15) is 23.3 Å². The zero-order chi connectivity index (χ0) is 24.2. The Kier molecular flexibility index (Phi) is 11.6. The van der Waals surface area contributed by atoms with Crippen LogP contribution in [0.15, 0.2) is 24.8 Å². The second-order valence-electron chi connectivity index (χ2n) is 10.8. The topological polar surface area (TPSA) is 33.0 Å². The molecule has 0 bridgehead atoms. The molecular formula is C30H43F2NO. The first kappa shape index (κ1) is 26.9. The molecule has 2 aliphatic carbocycles. The van der Waals surface area contributed by atoms with Gasteiger partial charge >= 0.3 is 0 Å². The molecule has 34 heavy (non-hydrogen) atoms. The van der Waals surface area contributed by atoms with E-state index in [0.717, 1.165) is 30.8 Å². The van der Waals surface area contributed by atoms with E-state index in [4.69, 9.17) is 10.00 Å². The molecule has 0 aliphatic heterocycles. The molecular weight excluding hydrogens is 428 g/mol. The first-order chi connectivity index (χ1) is 16.6. The number of nitriles is 1. The van der Waals surface area contributed by atoms with Crippen molar-refractivity contribution >= 4 is 0 Å². The molecule has 0 unspecified atom stereocenters. The van der Waals surface area contributed by atoms with E-state index in [0.29, 0.717) is 24.5 Å². The van der Waals surface area contributed by atoms with Crippen LogP contribution in [0.2, 0.25) is 0 Å². The largest absolute Gasteiger partial charge is 0.377 e. The molecule has 0 spiro atoms. The van der Waals surface area contributed by atoms with Gasteiger partial charge in [-0.15, -0.1) is 6.58 Å². The highest BCUT2D eigenvalue weighted by atomic mass is 19.1. The first-order valence-corrected chi connectivity index (χ1v) is 13.7. The minimum absolute atomic E-state index is 0.470. The van der Waals surface area contributed by atoms with Crippen LogP contribution < -0.4 is 0 Å². The summed E-state index contributed by atoms with van der Waals surface area (Å²) < 4.78 is 33.1. The number of nitrogens with zero attached hydrogens (tertiary/aromatic N) is 1. The third-order valence-electron chi connectivity index (χ3n) is 8.36. The van der Waals surface area contributed by atoms with E-state index in [1.165, 1.54) is 95.6 Å². The lowest BCUT2D eigenvalue weighted by Crippen LogP contribution is -2.18. The number of halogens is 2. The van der Waals surface area contributed by atoms with Crippen LogP contribution >= 0.6 is 0 Å².